The van der Waals surface area contributed by atoms with Gasteiger partial charge in [-0.25, -0.2) is 0 Å². The number of rotatable bonds is 3. The van der Waals surface area contributed by atoms with Gasteiger partial charge in [-0.3, -0.25) is 0 Å². The molecule has 0 unspecified atom stereocenters. The number of nitrogens with zero attached hydrogens (tertiary/aromatic N) is 1. The molecule has 0 bridgehead atoms. The van der Waals surface area contributed by atoms with Gasteiger partial charge in [0.25, 0.3) is 0 Å². The number of hydrogen-bond acceptors (Lipinski definition) is 5. The zero-order valence-electron chi connectivity index (χ0n) is 8.94. The van der Waals surface area contributed by atoms with E-state index in [2.05, 4.69) is 5.16 Å². The van der Waals surface area contributed by atoms with Crippen LogP contribution < -0.4 is 15.2 Å². The van der Waals surface area contributed by atoms with E-state index < -0.39 is 0 Å². The van der Waals surface area contributed by atoms with Crippen molar-refractivity contribution in [2.24, 2.45) is 5.16 Å². The van der Waals surface area contributed by atoms with E-state index in [4.69, 9.17) is 20.4 Å². The highest BCUT2D eigenvalue weighted by molar-refractivity contribution is 6.04. The third-order valence-corrected chi connectivity index (χ3v) is 2.12. The van der Waals surface area contributed by atoms with Gasteiger partial charge in [-0.2, -0.15) is 0 Å². The first-order chi connectivity index (χ1) is 7.15. The normalized spacial score (nSPS) is 11.3. The first kappa shape index (κ1) is 11.2. The Morgan fingerprint density at radius 1 is 1.33 bits per heavy atom. The van der Waals surface area contributed by atoms with Gasteiger partial charge >= 0.3 is 0 Å². The Labute approximate surface area is 88.1 Å². The summed E-state index contributed by atoms with van der Waals surface area (Å²) in [7, 11) is 3.04. The van der Waals surface area contributed by atoms with Gasteiger partial charge in [-0.05, 0) is 19.1 Å². The lowest BCUT2D eigenvalue weighted by Gasteiger charge is -2.12. The summed E-state index contributed by atoms with van der Waals surface area (Å²) in [4.78, 5) is 0. The summed E-state index contributed by atoms with van der Waals surface area (Å²) in [5.74, 6) is 0.988. The van der Waals surface area contributed by atoms with Crippen LogP contribution in [0.5, 0.6) is 11.5 Å². The van der Waals surface area contributed by atoms with E-state index in [1.165, 1.54) is 14.2 Å². The zero-order chi connectivity index (χ0) is 11.4. The Morgan fingerprint density at radius 2 is 2.00 bits per heavy atom. The fourth-order valence-corrected chi connectivity index (χ4v) is 1.32. The average Bonchev–Trinajstić information content (AvgIpc) is 2.27. The maximum absolute atomic E-state index is 8.66. The maximum atomic E-state index is 8.66. The molecule has 0 fully saturated rings. The molecule has 0 aliphatic rings. The van der Waals surface area contributed by atoms with Crippen LogP contribution in [0.2, 0.25) is 0 Å². The van der Waals surface area contributed by atoms with Crippen molar-refractivity contribution in [1.29, 1.82) is 0 Å². The summed E-state index contributed by atoms with van der Waals surface area (Å²) in [5, 5.41) is 11.8. The number of oxime groups is 1. The van der Waals surface area contributed by atoms with Crippen LogP contribution in [0.4, 0.5) is 5.69 Å². The quantitative estimate of drug-likeness (QED) is 0.343. The van der Waals surface area contributed by atoms with E-state index in [1.54, 1.807) is 19.1 Å². The molecule has 0 aliphatic carbocycles. The van der Waals surface area contributed by atoms with E-state index in [0.29, 0.717) is 28.5 Å². The zero-order valence-corrected chi connectivity index (χ0v) is 8.94. The fraction of sp³-hybridized carbons (Fsp3) is 0.300. The lowest BCUT2D eigenvalue weighted by Crippen LogP contribution is -2.04. The minimum atomic E-state index is 0.396. The van der Waals surface area contributed by atoms with Crippen molar-refractivity contribution in [3.8, 4) is 11.5 Å². The molecular formula is C10H14N2O3. The SMILES string of the molecule is COc1ccc(C(C)=NO)c(N)c1OC. The summed E-state index contributed by atoms with van der Waals surface area (Å²) in [5.41, 5.74) is 7.29. The molecule has 1 aromatic carbocycles. The summed E-state index contributed by atoms with van der Waals surface area (Å²) < 4.78 is 10.2. The average molecular weight is 210 g/mol. The number of benzene rings is 1. The molecule has 0 aliphatic heterocycles. The van der Waals surface area contributed by atoms with E-state index in [9.17, 15) is 0 Å². The second-order valence-electron chi connectivity index (χ2n) is 2.95. The monoisotopic (exact) mass is 210 g/mol. The fourth-order valence-electron chi connectivity index (χ4n) is 1.32. The van der Waals surface area contributed by atoms with Gasteiger partial charge in [-0.1, -0.05) is 5.16 Å². The minimum absolute atomic E-state index is 0.396. The summed E-state index contributed by atoms with van der Waals surface area (Å²) in [6.07, 6.45) is 0. The van der Waals surface area contributed by atoms with Crippen LogP contribution in [0, 0.1) is 0 Å². The van der Waals surface area contributed by atoms with E-state index in [-0.39, 0.29) is 0 Å². The number of hydrogen-bond donors (Lipinski definition) is 2. The molecule has 15 heavy (non-hydrogen) atoms. The molecule has 1 rings (SSSR count). The molecule has 3 N–H and O–H groups in total. The third kappa shape index (κ3) is 1.96. The van der Waals surface area contributed by atoms with Gasteiger partial charge in [0.05, 0.1) is 25.6 Å². The Hall–Kier alpha value is -1.91. The maximum Gasteiger partial charge on any atom is 0.184 e. The van der Waals surface area contributed by atoms with Gasteiger partial charge in [-0.15, -0.1) is 0 Å². The van der Waals surface area contributed by atoms with E-state index in [1.807, 2.05) is 0 Å². The van der Waals surface area contributed by atoms with Gasteiger partial charge in [0, 0.05) is 5.56 Å². The molecule has 0 aromatic heterocycles. The number of nitrogen functional groups attached to an aromatic ring is 1. The van der Waals surface area contributed by atoms with Crippen molar-refractivity contribution < 1.29 is 14.7 Å². The topological polar surface area (TPSA) is 77.1 Å². The third-order valence-electron chi connectivity index (χ3n) is 2.12. The lowest BCUT2D eigenvalue weighted by molar-refractivity contribution is 0.319. The number of methoxy groups -OCH3 is 2. The van der Waals surface area contributed by atoms with Crippen molar-refractivity contribution in [3.05, 3.63) is 17.7 Å². The highest BCUT2D eigenvalue weighted by atomic mass is 16.5. The Balaban J connectivity index is 3.35. The van der Waals surface area contributed by atoms with Gasteiger partial charge in [0.2, 0.25) is 0 Å². The molecule has 0 saturated carbocycles. The molecule has 0 spiro atoms. The number of anilines is 1. The predicted molar refractivity (Wildman–Crippen MR) is 58.0 cm³/mol. The molecule has 1 aromatic rings. The van der Waals surface area contributed by atoms with Gasteiger partial charge < -0.3 is 20.4 Å². The highest BCUT2D eigenvalue weighted by Crippen LogP contribution is 2.35. The molecule has 5 heteroatoms. The Morgan fingerprint density at radius 3 is 2.47 bits per heavy atom. The number of nitrogens with two attached hydrogens (primary N) is 1. The van der Waals surface area contributed by atoms with Crippen molar-refractivity contribution in [2.45, 2.75) is 6.92 Å². The minimum Gasteiger partial charge on any atom is -0.493 e. The lowest BCUT2D eigenvalue weighted by atomic mass is 10.1. The summed E-state index contributed by atoms with van der Waals surface area (Å²) >= 11 is 0. The molecule has 0 atom stereocenters. The highest BCUT2D eigenvalue weighted by Gasteiger charge is 2.13. The van der Waals surface area contributed by atoms with E-state index in [0.717, 1.165) is 0 Å². The van der Waals surface area contributed by atoms with Crippen molar-refractivity contribution >= 4 is 11.4 Å². The molecule has 0 saturated heterocycles. The number of ether oxygens (including phenoxy) is 2. The van der Waals surface area contributed by atoms with E-state index >= 15 is 0 Å². The standard InChI is InChI=1S/C10H14N2O3/c1-6(12-13)7-4-5-8(14-2)10(15-3)9(7)11/h4-5,13H,11H2,1-3H3. The molecule has 0 heterocycles. The predicted octanol–water partition coefficient (Wildman–Crippen LogP) is 1.48. The first-order valence-electron chi connectivity index (χ1n) is 4.35. The van der Waals surface area contributed by atoms with Crippen LogP contribution in [0.15, 0.2) is 17.3 Å². The molecule has 0 amide bonds. The Bertz CT molecular complexity index is 388. The van der Waals surface area contributed by atoms with Gasteiger partial charge in [0.15, 0.2) is 11.5 Å². The summed E-state index contributed by atoms with van der Waals surface area (Å²) in [6.45, 7) is 1.65. The molecule has 0 radical (unpaired) electrons. The van der Waals surface area contributed by atoms with Crippen LogP contribution in [-0.4, -0.2) is 25.1 Å². The van der Waals surface area contributed by atoms with Crippen LogP contribution in [0.3, 0.4) is 0 Å². The first-order valence-corrected chi connectivity index (χ1v) is 4.35. The molecule has 5 nitrogen and oxygen atoms in total. The van der Waals surface area contributed by atoms with Crippen molar-refractivity contribution in [2.75, 3.05) is 20.0 Å². The molecule has 82 valence electrons. The van der Waals surface area contributed by atoms with Gasteiger partial charge in [0.1, 0.15) is 0 Å². The van der Waals surface area contributed by atoms with Crippen LogP contribution in [0.25, 0.3) is 0 Å². The van der Waals surface area contributed by atoms with Crippen LogP contribution in [0.1, 0.15) is 12.5 Å². The molecular weight excluding hydrogens is 196 g/mol. The second-order valence-corrected chi connectivity index (χ2v) is 2.95. The van der Waals surface area contributed by atoms with Crippen molar-refractivity contribution in [3.63, 3.8) is 0 Å². The Kier molecular flexibility index (Phi) is 3.38. The van der Waals surface area contributed by atoms with Crippen LogP contribution in [-0.2, 0) is 0 Å². The van der Waals surface area contributed by atoms with Crippen molar-refractivity contribution in [1.82, 2.24) is 0 Å². The van der Waals surface area contributed by atoms with Crippen LogP contribution >= 0.6 is 0 Å². The largest absolute Gasteiger partial charge is 0.493 e. The summed E-state index contributed by atoms with van der Waals surface area (Å²) in [6, 6.07) is 3.42. The second kappa shape index (κ2) is 4.54. The smallest absolute Gasteiger partial charge is 0.184 e.